The molecule has 0 spiro atoms. The monoisotopic (exact) mass is 327 g/mol. The number of aryl methyl sites for hydroxylation is 1. The Morgan fingerprint density at radius 3 is 2.70 bits per heavy atom. The zero-order chi connectivity index (χ0) is 16.6. The molecule has 0 aliphatic carbocycles. The zero-order valence-corrected chi connectivity index (χ0v) is 14.0. The van der Waals surface area contributed by atoms with E-state index in [1.54, 1.807) is 29.1 Å². The Morgan fingerprint density at radius 1 is 1.30 bits per heavy atom. The van der Waals surface area contributed by atoms with Crippen molar-refractivity contribution in [3.8, 4) is 11.3 Å². The number of rotatable bonds is 5. The number of carbonyl (C=O) groups excluding carboxylic acids is 2. The highest BCUT2D eigenvalue weighted by atomic mass is 32.1. The van der Waals surface area contributed by atoms with Crippen LogP contribution in [0.4, 0.5) is 0 Å². The minimum Gasteiger partial charge on any atom is -0.355 e. The van der Waals surface area contributed by atoms with Gasteiger partial charge in [0.15, 0.2) is 5.78 Å². The van der Waals surface area contributed by atoms with Crippen molar-refractivity contribution in [3.63, 3.8) is 0 Å². The van der Waals surface area contributed by atoms with Crippen molar-refractivity contribution < 1.29 is 9.59 Å². The predicted octanol–water partition coefficient (Wildman–Crippen LogP) is 3.64. The lowest BCUT2D eigenvalue weighted by molar-refractivity contribution is 0.0962. The molecule has 0 saturated heterocycles. The summed E-state index contributed by atoms with van der Waals surface area (Å²) < 4.78 is 1.62. The molecule has 23 heavy (non-hydrogen) atoms. The lowest BCUT2D eigenvalue weighted by atomic mass is 10.1. The number of nitrogens with one attached hydrogen (secondary N) is 1. The number of aromatic nitrogens is 3. The topological polar surface area (TPSA) is 67.8 Å². The van der Waals surface area contributed by atoms with Gasteiger partial charge in [-0.25, -0.2) is 0 Å². The van der Waals surface area contributed by atoms with E-state index in [1.807, 2.05) is 29.8 Å². The van der Waals surface area contributed by atoms with E-state index in [0.717, 1.165) is 17.0 Å². The second kappa shape index (κ2) is 5.96. The summed E-state index contributed by atoms with van der Waals surface area (Å²) in [6, 6.07) is 3.89. The van der Waals surface area contributed by atoms with Gasteiger partial charge >= 0.3 is 0 Å². The van der Waals surface area contributed by atoms with Gasteiger partial charge in [0.1, 0.15) is 6.54 Å². The van der Waals surface area contributed by atoms with Gasteiger partial charge in [0.05, 0.1) is 11.4 Å². The van der Waals surface area contributed by atoms with Crippen molar-refractivity contribution in [2.24, 2.45) is 0 Å². The fourth-order valence-electron chi connectivity index (χ4n) is 2.80. The van der Waals surface area contributed by atoms with Crippen molar-refractivity contribution >= 4 is 22.9 Å². The largest absolute Gasteiger partial charge is 0.355 e. The number of H-pyrrole nitrogens is 1. The number of ketones is 2. The van der Waals surface area contributed by atoms with Crippen LogP contribution in [0.25, 0.3) is 11.3 Å². The third kappa shape index (κ3) is 2.90. The lowest BCUT2D eigenvalue weighted by Gasteiger charge is -2.01. The SMILES string of the molecule is CC(=O)c1c(C)[nH]c(C(=O)Cn2ccc(-c3ccsc3)n2)c1C. The maximum Gasteiger partial charge on any atom is 0.200 e. The fourth-order valence-corrected chi connectivity index (χ4v) is 3.45. The third-order valence-electron chi connectivity index (χ3n) is 3.83. The van der Waals surface area contributed by atoms with E-state index in [1.165, 1.54) is 6.92 Å². The first-order valence-electron chi connectivity index (χ1n) is 7.26. The average Bonchev–Trinajstić information content (AvgIpc) is 3.18. The van der Waals surface area contributed by atoms with Gasteiger partial charge in [0.25, 0.3) is 0 Å². The van der Waals surface area contributed by atoms with Crippen LogP contribution in [0.1, 0.15) is 39.0 Å². The van der Waals surface area contributed by atoms with Crippen LogP contribution in [0.15, 0.2) is 29.1 Å². The number of hydrogen-bond donors (Lipinski definition) is 1. The van der Waals surface area contributed by atoms with Crippen LogP contribution < -0.4 is 0 Å². The molecule has 3 aromatic rings. The minimum atomic E-state index is -0.0851. The first kappa shape index (κ1) is 15.4. The Morgan fingerprint density at radius 2 is 2.09 bits per heavy atom. The number of nitrogens with zero attached hydrogens (tertiary/aromatic N) is 2. The third-order valence-corrected chi connectivity index (χ3v) is 4.51. The molecule has 0 aromatic carbocycles. The van der Waals surface area contributed by atoms with Gasteiger partial charge in [-0.2, -0.15) is 16.4 Å². The van der Waals surface area contributed by atoms with E-state index in [9.17, 15) is 9.59 Å². The van der Waals surface area contributed by atoms with Gasteiger partial charge in [0.2, 0.25) is 5.78 Å². The molecule has 6 heteroatoms. The molecule has 0 atom stereocenters. The molecule has 0 fully saturated rings. The molecule has 5 nitrogen and oxygen atoms in total. The quantitative estimate of drug-likeness (QED) is 0.727. The molecule has 0 amide bonds. The van der Waals surface area contributed by atoms with Crippen LogP contribution in [0, 0.1) is 13.8 Å². The molecular formula is C17H17N3O2S. The molecule has 118 valence electrons. The molecule has 0 saturated carbocycles. The Balaban J connectivity index is 1.83. The molecule has 0 aliphatic rings. The van der Waals surface area contributed by atoms with Crippen molar-refractivity contribution in [1.82, 2.24) is 14.8 Å². The van der Waals surface area contributed by atoms with E-state index < -0.39 is 0 Å². The van der Waals surface area contributed by atoms with Crippen molar-refractivity contribution in [2.75, 3.05) is 0 Å². The van der Waals surface area contributed by atoms with E-state index in [4.69, 9.17) is 0 Å². The van der Waals surface area contributed by atoms with Crippen LogP contribution in [-0.2, 0) is 6.54 Å². The lowest BCUT2D eigenvalue weighted by Crippen LogP contribution is -2.12. The predicted molar refractivity (Wildman–Crippen MR) is 90.1 cm³/mol. The standard InChI is InChI=1S/C17H17N3O2S/c1-10-16(12(3)21)11(2)18-17(10)15(22)8-20-6-4-14(19-20)13-5-7-23-9-13/h4-7,9,18H,8H2,1-3H3. The molecule has 0 aliphatic heterocycles. The summed E-state index contributed by atoms with van der Waals surface area (Å²) >= 11 is 1.61. The number of thiophene rings is 1. The highest BCUT2D eigenvalue weighted by Gasteiger charge is 2.20. The van der Waals surface area contributed by atoms with Crippen LogP contribution >= 0.6 is 11.3 Å². The maximum absolute atomic E-state index is 12.5. The van der Waals surface area contributed by atoms with Crippen molar-refractivity contribution in [2.45, 2.75) is 27.3 Å². The van der Waals surface area contributed by atoms with Gasteiger partial charge in [-0.05, 0) is 43.8 Å². The van der Waals surface area contributed by atoms with Crippen molar-refractivity contribution in [3.05, 3.63) is 51.6 Å². The number of carbonyl (C=O) groups is 2. The summed E-state index contributed by atoms with van der Waals surface area (Å²) in [6.07, 6.45) is 1.79. The molecule has 0 radical (unpaired) electrons. The minimum absolute atomic E-state index is 0.0332. The molecule has 3 aromatic heterocycles. The highest BCUT2D eigenvalue weighted by Crippen LogP contribution is 2.21. The van der Waals surface area contributed by atoms with E-state index in [2.05, 4.69) is 10.1 Å². The number of hydrogen-bond acceptors (Lipinski definition) is 4. The fraction of sp³-hybridized carbons (Fsp3) is 0.235. The van der Waals surface area contributed by atoms with Crippen LogP contribution in [-0.4, -0.2) is 26.3 Å². The van der Waals surface area contributed by atoms with E-state index in [0.29, 0.717) is 16.8 Å². The first-order valence-corrected chi connectivity index (χ1v) is 8.21. The summed E-state index contributed by atoms with van der Waals surface area (Å²) in [5.41, 5.74) is 4.44. The van der Waals surface area contributed by atoms with Gasteiger partial charge in [-0.1, -0.05) is 0 Å². The smallest absolute Gasteiger partial charge is 0.200 e. The first-order chi connectivity index (χ1) is 11.0. The molecular weight excluding hydrogens is 310 g/mol. The molecule has 3 heterocycles. The second-order valence-corrected chi connectivity index (χ2v) is 6.29. The highest BCUT2D eigenvalue weighted by molar-refractivity contribution is 7.08. The van der Waals surface area contributed by atoms with E-state index >= 15 is 0 Å². The second-order valence-electron chi connectivity index (χ2n) is 5.51. The Bertz CT molecular complexity index is 872. The average molecular weight is 327 g/mol. The Hall–Kier alpha value is -2.47. The Labute approximate surface area is 138 Å². The molecule has 0 bridgehead atoms. The summed E-state index contributed by atoms with van der Waals surface area (Å²) in [7, 11) is 0. The summed E-state index contributed by atoms with van der Waals surface area (Å²) in [6.45, 7) is 5.26. The molecule has 1 N–H and O–H groups in total. The number of aromatic amines is 1. The van der Waals surface area contributed by atoms with Crippen LogP contribution in [0.2, 0.25) is 0 Å². The van der Waals surface area contributed by atoms with Gasteiger partial charge < -0.3 is 4.98 Å². The zero-order valence-electron chi connectivity index (χ0n) is 13.2. The summed E-state index contributed by atoms with van der Waals surface area (Å²) in [5, 5.41) is 8.45. The van der Waals surface area contributed by atoms with Gasteiger partial charge in [0, 0.05) is 28.4 Å². The molecule has 3 rings (SSSR count). The van der Waals surface area contributed by atoms with Gasteiger partial charge in [-0.15, -0.1) is 0 Å². The Kier molecular flexibility index (Phi) is 4.00. The normalized spacial score (nSPS) is 10.9. The summed E-state index contributed by atoms with van der Waals surface area (Å²) in [4.78, 5) is 27.2. The number of Topliss-reactive ketones (excluding diaryl/α,β-unsaturated/α-hetero) is 2. The van der Waals surface area contributed by atoms with Crippen LogP contribution in [0.3, 0.4) is 0 Å². The van der Waals surface area contributed by atoms with Gasteiger partial charge in [-0.3, -0.25) is 14.3 Å². The van der Waals surface area contributed by atoms with Crippen molar-refractivity contribution in [1.29, 1.82) is 0 Å². The van der Waals surface area contributed by atoms with Crippen LogP contribution in [0.5, 0.6) is 0 Å². The maximum atomic E-state index is 12.5. The summed E-state index contributed by atoms with van der Waals surface area (Å²) in [5.74, 6) is -0.118. The molecule has 0 unspecified atom stereocenters. The van der Waals surface area contributed by atoms with E-state index in [-0.39, 0.29) is 18.1 Å².